The fourth-order valence-electron chi connectivity index (χ4n) is 4.24. The van der Waals surface area contributed by atoms with Crippen LogP contribution in [0.25, 0.3) is 0 Å². The molecule has 1 atom stereocenters. The summed E-state index contributed by atoms with van der Waals surface area (Å²) in [6.45, 7) is 0.0145. The number of halogens is 2. The molecule has 0 fully saturated rings. The van der Waals surface area contributed by atoms with Crippen LogP contribution in [0.2, 0.25) is 5.02 Å². The summed E-state index contributed by atoms with van der Waals surface area (Å²) in [7, 11) is 0. The topological polar surface area (TPSA) is 104 Å². The van der Waals surface area contributed by atoms with Crippen molar-refractivity contribution in [1.82, 2.24) is 0 Å². The number of carbonyl (C=O) groups excluding carboxylic acids is 1. The number of nitrogens with two attached hydrogens (primary N) is 1. The molecule has 1 heterocycles. The highest BCUT2D eigenvalue weighted by Gasteiger charge is 2.31. The maximum atomic E-state index is 12.4. The number of ether oxygens (including phenoxy) is 4. The molecule has 1 aliphatic heterocycles. The largest absolute Gasteiger partial charge is 0.489 e. The van der Waals surface area contributed by atoms with E-state index in [2.05, 4.69) is 22.0 Å². The predicted octanol–water partition coefficient (Wildman–Crippen LogP) is 6.88. The van der Waals surface area contributed by atoms with Gasteiger partial charge < -0.3 is 24.7 Å². The number of esters is 1. The number of fused-ring (bicyclic) bond motifs is 1. The van der Waals surface area contributed by atoms with Gasteiger partial charge in [0.1, 0.15) is 41.2 Å². The molecule has 40 heavy (non-hydrogen) atoms. The standard InChI is InChI=1S/C31H22BrClN2O5/c32-21-8-10-22(11-9-21)38-18-29(36)39-24-12-13-25-28(15-24)40-31(35)26(16-34)30(25)19-5-3-6-23(14-19)37-17-20-4-1-2-7-27(20)33/h1-15,30H,17-18,35H2. The van der Waals surface area contributed by atoms with E-state index in [0.717, 1.165) is 15.6 Å². The van der Waals surface area contributed by atoms with Gasteiger partial charge in [-0.2, -0.15) is 5.26 Å². The lowest BCUT2D eigenvalue weighted by Gasteiger charge is -2.27. The summed E-state index contributed by atoms with van der Waals surface area (Å²) in [4.78, 5) is 12.4. The van der Waals surface area contributed by atoms with Gasteiger partial charge in [-0.3, -0.25) is 0 Å². The van der Waals surface area contributed by atoms with Gasteiger partial charge in [0.15, 0.2) is 6.61 Å². The zero-order chi connectivity index (χ0) is 28.1. The van der Waals surface area contributed by atoms with Crippen molar-refractivity contribution in [1.29, 1.82) is 5.26 Å². The normalized spacial score (nSPS) is 14.0. The van der Waals surface area contributed by atoms with Crippen LogP contribution in [0.3, 0.4) is 0 Å². The Morgan fingerprint density at radius 2 is 1.73 bits per heavy atom. The monoisotopic (exact) mass is 616 g/mol. The molecule has 7 nitrogen and oxygen atoms in total. The summed E-state index contributed by atoms with van der Waals surface area (Å²) in [6, 6.07) is 29.1. The van der Waals surface area contributed by atoms with Crippen LogP contribution in [0, 0.1) is 11.3 Å². The number of allylic oxidation sites excluding steroid dienone is 1. The number of hydrogen-bond donors (Lipinski definition) is 1. The summed E-state index contributed by atoms with van der Waals surface area (Å²) in [6.07, 6.45) is 0. The molecule has 9 heteroatoms. The second kappa shape index (κ2) is 12.2. The number of hydrogen-bond acceptors (Lipinski definition) is 7. The van der Waals surface area contributed by atoms with Crippen LogP contribution in [0.4, 0.5) is 0 Å². The molecule has 0 aromatic heterocycles. The summed E-state index contributed by atoms with van der Waals surface area (Å²) in [5, 5.41) is 10.5. The van der Waals surface area contributed by atoms with Crippen LogP contribution >= 0.6 is 27.5 Å². The molecule has 4 aromatic rings. The maximum Gasteiger partial charge on any atom is 0.349 e. The molecule has 5 rings (SSSR count). The lowest BCUT2D eigenvalue weighted by atomic mass is 9.83. The molecule has 0 radical (unpaired) electrons. The Labute approximate surface area is 244 Å². The Morgan fingerprint density at radius 3 is 2.50 bits per heavy atom. The Hall–Kier alpha value is -4.45. The van der Waals surface area contributed by atoms with Crippen molar-refractivity contribution < 1.29 is 23.7 Å². The van der Waals surface area contributed by atoms with E-state index in [1.165, 1.54) is 0 Å². The molecule has 4 aromatic carbocycles. The first-order chi connectivity index (χ1) is 19.4. The quantitative estimate of drug-likeness (QED) is 0.170. The van der Waals surface area contributed by atoms with E-state index in [0.29, 0.717) is 27.8 Å². The van der Waals surface area contributed by atoms with E-state index in [9.17, 15) is 10.1 Å². The second-order valence-electron chi connectivity index (χ2n) is 8.79. The average Bonchev–Trinajstić information content (AvgIpc) is 2.96. The van der Waals surface area contributed by atoms with Crippen molar-refractivity contribution in [3.8, 4) is 29.1 Å². The summed E-state index contributed by atoms with van der Waals surface area (Å²) in [5.74, 6) is 0.664. The molecule has 2 N–H and O–H groups in total. The van der Waals surface area contributed by atoms with E-state index in [-0.39, 0.29) is 30.4 Å². The van der Waals surface area contributed by atoms with E-state index in [1.54, 1.807) is 30.3 Å². The van der Waals surface area contributed by atoms with Crippen LogP contribution < -0.4 is 24.7 Å². The molecule has 0 saturated carbocycles. The van der Waals surface area contributed by atoms with Gasteiger partial charge in [0.05, 0.1) is 5.92 Å². The van der Waals surface area contributed by atoms with Crippen LogP contribution in [0.5, 0.6) is 23.0 Å². The molecule has 0 spiro atoms. The van der Waals surface area contributed by atoms with Crippen molar-refractivity contribution in [2.24, 2.45) is 5.73 Å². The molecular weight excluding hydrogens is 596 g/mol. The Kier molecular flexibility index (Phi) is 8.25. The molecule has 1 unspecified atom stereocenters. The second-order valence-corrected chi connectivity index (χ2v) is 10.1. The molecule has 0 saturated heterocycles. The lowest BCUT2D eigenvalue weighted by molar-refractivity contribution is -0.136. The number of nitrogens with zero attached hydrogens (tertiary/aromatic N) is 1. The first kappa shape index (κ1) is 27.1. The minimum atomic E-state index is -0.583. The van der Waals surface area contributed by atoms with Crippen molar-refractivity contribution >= 4 is 33.5 Å². The van der Waals surface area contributed by atoms with Gasteiger partial charge >= 0.3 is 5.97 Å². The number of carbonyl (C=O) groups is 1. The summed E-state index contributed by atoms with van der Waals surface area (Å²) < 4.78 is 23.6. The third kappa shape index (κ3) is 6.23. The van der Waals surface area contributed by atoms with Crippen molar-refractivity contribution in [2.75, 3.05) is 6.61 Å². The van der Waals surface area contributed by atoms with Gasteiger partial charge in [0.25, 0.3) is 0 Å². The highest BCUT2D eigenvalue weighted by molar-refractivity contribution is 9.10. The van der Waals surface area contributed by atoms with Crippen LogP contribution in [0.15, 0.2) is 107 Å². The van der Waals surface area contributed by atoms with E-state index < -0.39 is 11.9 Å². The van der Waals surface area contributed by atoms with Crippen molar-refractivity contribution in [3.63, 3.8) is 0 Å². The fourth-order valence-corrected chi connectivity index (χ4v) is 4.69. The number of rotatable bonds is 8. The van der Waals surface area contributed by atoms with Gasteiger partial charge in [0.2, 0.25) is 5.88 Å². The molecular formula is C31H22BrClN2O5. The van der Waals surface area contributed by atoms with E-state index in [1.807, 2.05) is 60.7 Å². The first-order valence-corrected chi connectivity index (χ1v) is 13.3. The SMILES string of the molecule is N#CC1=C(N)Oc2cc(OC(=O)COc3ccc(Br)cc3)ccc2C1c1cccc(OCc2ccccc2Cl)c1. The van der Waals surface area contributed by atoms with Crippen LogP contribution in [0.1, 0.15) is 22.6 Å². The molecule has 0 bridgehead atoms. The summed E-state index contributed by atoms with van der Waals surface area (Å²) in [5.41, 5.74) is 8.76. The van der Waals surface area contributed by atoms with E-state index >= 15 is 0 Å². The van der Waals surface area contributed by atoms with Gasteiger partial charge in [-0.1, -0.05) is 63.9 Å². The van der Waals surface area contributed by atoms with Gasteiger partial charge in [0, 0.05) is 26.7 Å². The Balaban J connectivity index is 1.34. The summed E-state index contributed by atoms with van der Waals surface area (Å²) >= 11 is 9.61. The van der Waals surface area contributed by atoms with Gasteiger partial charge in [-0.25, -0.2) is 4.79 Å². The zero-order valence-corrected chi connectivity index (χ0v) is 23.3. The average molecular weight is 618 g/mol. The van der Waals surface area contributed by atoms with E-state index in [4.69, 9.17) is 36.3 Å². The Morgan fingerprint density at radius 1 is 0.950 bits per heavy atom. The van der Waals surface area contributed by atoms with Crippen LogP contribution in [-0.4, -0.2) is 12.6 Å². The highest BCUT2D eigenvalue weighted by atomic mass is 79.9. The number of benzene rings is 4. The van der Waals surface area contributed by atoms with Gasteiger partial charge in [-0.15, -0.1) is 0 Å². The number of nitriles is 1. The molecule has 0 amide bonds. The third-order valence-corrected chi connectivity index (χ3v) is 7.03. The smallest absolute Gasteiger partial charge is 0.349 e. The predicted molar refractivity (Wildman–Crippen MR) is 153 cm³/mol. The minimum Gasteiger partial charge on any atom is -0.489 e. The fraction of sp³-hybridized carbons (Fsp3) is 0.0968. The van der Waals surface area contributed by atoms with Gasteiger partial charge in [-0.05, 0) is 54.1 Å². The zero-order valence-electron chi connectivity index (χ0n) is 21.0. The molecule has 0 aliphatic carbocycles. The van der Waals surface area contributed by atoms with Crippen LogP contribution in [-0.2, 0) is 11.4 Å². The maximum absolute atomic E-state index is 12.4. The van der Waals surface area contributed by atoms with Crippen molar-refractivity contribution in [2.45, 2.75) is 12.5 Å². The minimum absolute atomic E-state index is 0.0237. The molecule has 200 valence electrons. The highest BCUT2D eigenvalue weighted by Crippen LogP contribution is 2.44. The molecule has 1 aliphatic rings. The third-order valence-electron chi connectivity index (χ3n) is 6.14. The first-order valence-electron chi connectivity index (χ1n) is 12.2. The Bertz CT molecular complexity index is 1630. The van der Waals surface area contributed by atoms with Crippen molar-refractivity contribution in [3.05, 3.63) is 129 Å². The lowest BCUT2D eigenvalue weighted by Crippen LogP contribution is -2.21.